The van der Waals surface area contributed by atoms with Crippen molar-refractivity contribution in [2.45, 2.75) is 264 Å². The number of unbranched alkanes of at least 4 members (excludes halogenated alkanes) is 31. The number of phosphoric ester groups is 1. The summed E-state index contributed by atoms with van der Waals surface area (Å²) in [4.78, 5) is 34.1. The molecule has 63 heavy (non-hydrogen) atoms. The Morgan fingerprint density at radius 2 is 0.857 bits per heavy atom. The van der Waals surface area contributed by atoms with E-state index in [4.69, 9.17) is 13.8 Å². The summed E-state index contributed by atoms with van der Waals surface area (Å²) in [5.41, 5.74) is 0. The third-order valence-corrected chi connectivity index (χ3v) is 12.6. The minimum atomic E-state index is -4.42. The summed E-state index contributed by atoms with van der Waals surface area (Å²) in [5.74, 6) is -0.510. The van der Waals surface area contributed by atoms with E-state index in [1.165, 1.54) is 180 Å². The third kappa shape index (κ3) is 51.1. The van der Waals surface area contributed by atoms with Gasteiger partial charge in [-0.3, -0.25) is 18.6 Å². The van der Waals surface area contributed by atoms with Gasteiger partial charge in [0.25, 0.3) is 0 Å². The van der Waals surface area contributed by atoms with Crippen LogP contribution in [0.2, 0.25) is 0 Å². The highest BCUT2D eigenvalue weighted by molar-refractivity contribution is 7.47. The summed E-state index contributed by atoms with van der Waals surface area (Å²) in [6.45, 7) is 3.57. The molecule has 2 atom stereocenters. The topological polar surface area (TPSA) is 131 Å². The number of hydrogen-bond acceptors (Lipinski definition) is 7. The third-order valence-electron chi connectivity index (χ3n) is 11.6. The summed E-state index contributed by atoms with van der Waals surface area (Å²) in [7, 11) is -4.42. The molecule has 0 fully saturated rings. The van der Waals surface area contributed by atoms with Gasteiger partial charge in [0.15, 0.2) is 0 Å². The van der Waals surface area contributed by atoms with Crippen molar-refractivity contribution in [3.63, 3.8) is 0 Å². The minimum absolute atomic E-state index is 0.0807. The molecule has 0 aromatic heterocycles. The van der Waals surface area contributed by atoms with Gasteiger partial charge in [-0.2, -0.15) is 0 Å². The van der Waals surface area contributed by atoms with E-state index in [1.54, 1.807) is 0 Å². The Bertz CT molecular complexity index is 1130. The molecule has 0 aromatic rings. The molecule has 0 saturated carbocycles. The van der Waals surface area contributed by atoms with Crippen LogP contribution >= 0.6 is 7.82 Å². The fourth-order valence-electron chi connectivity index (χ4n) is 7.57. The van der Waals surface area contributed by atoms with Crippen LogP contribution in [0.15, 0.2) is 36.5 Å². The SMILES string of the molecule is CCCCC/C=C\C/C=C\C/C=C\CCCCCCCCCCCCC(=O)NCCOP(=O)(O)OCC(O)COC(=O)CCCCCCCCCCCCCCCCCCCCC. The van der Waals surface area contributed by atoms with Gasteiger partial charge in [0.05, 0.1) is 13.2 Å². The summed E-state index contributed by atoms with van der Waals surface area (Å²) in [6.07, 6.45) is 58.0. The lowest BCUT2D eigenvalue weighted by Gasteiger charge is -2.15. The van der Waals surface area contributed by atoms with Crippen molar-refractivity contribution < 1.29 is 37.9 Å². The molecule has 0 aliphatic heterocycles. The number of aliphatic hydroxyl groups excluding tert-OH is 1. The number of ether oxygens (including phenoxy) is 1. The van der Waals surface area contributed by atoms with Gasteiger partial charge in [-0.25, -0.2) is 4.57 Å². The van der Waals surface area contributed by atoms with Crippen LogP contribution < -0.4 is 5.32 Å². The number of phosphoric acid groups is 1. The summed E-state index contributed by atoms with van der Waals surface area (Å²) in [6, 6.07) is 0. The number of allylic oxidation sites excluding steroid dienone is 6. The van der Waals surface area contributed by atoms with Crippen LogP contribution in [0.25, 0.3) is 0 Å². The van der Waals surface area contributed by atoms with Crippen molar-refractivity contribution in [2.24, 2.45) is 0 Å². The number of carbonyl (C=O) groups excluding carboxylic acids is 2. The predicted octanol–water partition coefficient (Wildman–Crippen LogP) is 15.7. The lowest BCUT2D eigenvalue weighted by molar-refractivity contribution is -0.147. The molecule has 0 aliphatic carbocycles. The smallest absolute Gasteiger partial charge is 0.463 e. The fraction of sp³-hybridized carbons (Fsp3) is 0.849. The molecule has 0 radical (unpaired) electrons. The number of hydrogen-bond donors (Lipinski definition) is 3. The molecular weight excluding hydrogens is 810 g/mol. The lowest BCUT2D eigenvalue weighted by atomic mass is 10.0. The van der Waals surface area contributed by atoms with E-state index in [0.29, 0.717) is 6.42 Å². The van der Waals surface area contributed by atoms with Gasteiger partial charge in [-0.1, -0.05) is 230 Å². The summed E-state index contributed by atoms with van der Waals surface area (Å²) < 4.78 is 27.0. The number of aliphatic hydroxyl groups is 1. The zero-order chi connectivity index (χ0) is 46.0. The van der Waals surface area contributed by atoms with Gasteiger partial charge in [-0.15, -0.1) is 0 Å². The highest BCUT2D eigenvalue weighted by atomic mass is 31.2. The maximum absolute atomic E-state index is 12.2. The van der Waals surface area contributed by atoms with Crippen LogP contribution in [0.3, 0.4) is 0 Å². The molecule has 370 valence electrons. The van der Waals surface area contributed by atoms with E-state index in [0.717, 1.165) is 51.4 Å². The Kier molecular flexibility index (Phi) is 48.3. The first-order valence-electron chi connectivity index (χ1n) is 26.5. The van der Waals surface area contributed by atoms with E-state index in [1.807, 2.05) is 0 Å². The van der Waals surface area contributed by atoms with Crippen LogP contribution in [-0.4, -0.2) is 54.3 Å². The average Bonchev–Trinajstić information content (AvgIpc) is 3.27. The first-order valence-corrected chi connectivity index (χ1v) is 28.0. The molecule has 9 nitrogen and oxygen atoms in total. The molecule has 0 bridgehead atoms. The quantitative estimate of drug-likeness (QED) is 0.0238. The monoisotopic (exact) mass is 910 g/mol. The van der Waals surface area contributed by atoms with Crippen molar-refractivity contribution in [1.29, 1.82) is 0 Å². The fourth-order valence-corrected chi connectivity index (χ4v) is 8.32. The van der Waals surface area contributed by atoms with Crippen LogP contribution in [0.1, 0.15) is 258 Å². The van der Waals surface area contributed by atoms with E-state index >= 15 is 0 Å². The van der Waals surface area contributed by atoms with Gasteiger partial charge in [0, 0.05) is 19.4 Å². The predicted molar refractivity (Wildman–Crippen MR) is 266 cm³/mol. The molecule has 0 aromatic carbocycles. The van der Waals surface area contributed by atoms with Gasteiger partial charge < -0.3 is 20.1 Å². The molecule has 3 N–H and O–H groups in total. The second kappa shape index (κ2) is 49.7. The van der Waals surface area contributed by atoms with Crippen molar-refractivity contribution in [1.82, 2.24) is 5.32 Å². The molecule has 0 aliphatic rings. The maximum Gasteiger partial charge on any atom is 0.472 e. The van der Waals surface area contributed by atoms with E-state index < -0.39 is 26.5 Å². The average molecular weight is 910 g/mol. The van der Waals surface area contributed by atoms with Gasteiger partial charge >= 0.3 is 13.8 Å². The standard InChI is InChI=1S/C53H100NO8P/c1-3-5-7-9-11-13-15-17-19-21-23-24-25-26-28-29-31-33-35-37-39-41-43-45-52(56)54-47-48-61-63(58,59)62-50-51(55)49-60-53(57)46-44-42-40-38-36-34-32-30-27-22-20-18-16-14-12-10-8-6-4-2/h11,13,17,19,23-24,51,55H,3-10,12,14-16,18,20-22,25-50H2,1-2H3,(H,54,56)(H,58,59)/b13-11-,19-17-,24-23-. The number of carbonyl (C=O) groups is 2. The van der Waals surface area contributed by atoms with Crippen molar-refractivity contribution in [2.75, 3.05) is 26.4 Å². The number of nitrogens with one attached hydrogen (secondary N) is 1. The molecule has 1 amide bonds. The van der Waals surface area contributed by atoms with Crippen molar-refractivity contribution in [3.05, 3.63) is 36.5 Å². The zero-order valence-electron chi connectivity index (χ0n) is 41.0. The normalized spacial score (nSPS) is 13.4. The van der Waals surface area contributed by atoms with Crippen LogP contribution in [0, 0.1) is 0 Å². The number of esters is 1. The first-order chi connectivity index (χ1) is 30.8. The largest absolute Gasteiger partial charge is 0.472 e. The van der Waals surface area contributed by atoms with E-state index in [2.05, 4.69) is 55.6 Å². The Balaban J connectivity index is 3.54. The Hall–Kier alpha value is -1.77. The second-order valence-corrected chi connectivity index (χ2v) is 19.3. The Morgan fingerprint density at radius 1 is 0.492 bits per heavy atom. The van der Waals surface area contributed by atoms with Crippen LogP contribution in [0.5, 0.6) is 0 Å². The van der Waals surface area contributed by atoms with Crippen LogP contribution in [-0.2, 0) is 27.9 Å². The van der Waals surface area contributed by atoms with Crippen molar-refractivity contribution in [3.8, 4) is 0 Å². The summed E-state index contributed by atoms with van der Waals surface area (Å²) >= 11 is 0. The lowest BCUT2D eigenvalue weighted by Crippen LogP contribution is -2.27. The number of rotatable bonds is 50. The van der Waals surface area contributed by atoms with Gasteiger partial charge in [-0.05, 0) is 51.4 Å². The molecule has 10 heteroatoms. The minimum Gasteiger partial charge on any atom is -0.463 e. The highest BCUT2D eigenvalue weighted by Gasteiger charge is 2.23. The first kappa shape index (κ1) is 61.2. The zero-order valence-corrected chi connectivity index (χ0v) is 41.9. The maximum atomic E-state index is 12.2. The highest BCUT2D eigenvalue weighted by Crippen LogP contribution is 2.42. The van der Waals surface area contributed by atoms with Crippen molar-refractivity contribution >= 4 is 19.7 Å². The second-order valence-electron chi connectivity index (χ2n) is 17.9. The molecular formula is C53H100NO8P. The molecule has 0 saturated heterocycles. The number of amides is 1. The van der Waals surface area contributed by atoms with Crippen LogP contribution in [0.4, 0.5) is 0 Å². The van der Waals surface area contributed by atoms with E-state index in [-0.39, 0.29) is 32.1 Å². The van der Waals surface area contributed by atoms with E-state index in [9.17, 15) is 24.2 Å². The molecule has 0 rings (SSSR count). The molecule has 2 unspecified atom stereocenters. The Morgan fingerprint density at radius 3 is 1.32 bits per heavy atom. The van der Waals surface area contributed by atoms with Gasteiger partial charge in [0.2, 0.25) is 5.91 Å². The Labute approximate surface area is 388 Å². The molecule has 0 heterocycles. The molecule has 0 spiro atoms. The van der Waals surface area contributed by atoms with Gasteiger partial charge in [0.1, 0.15) is 12.7 Å². The summed E-state index contributed by atoms with van der Waals surface area (Å²) in [5, 5.41) is 12.8.